The van der Waals surface area contributed by atoms with Crippen LogP contribution in [0.3, 0.4) is 0 Å². The fraction of sp³-hybridized carbons (Fsp3) is 0.417. The largest absolute Gasteiger partial charge is 0.460 e. The second kappa shape index (κ2) is 20.3. The highest BCUT2D eigenvalue weighted by Gasteiger charge is 2.17. The van der Waals surface area contributed by atoms with Crippen molar-refractivity contribution < 1.29 is 14.2 Å². The van der Waals surface area contributed by atoms with Crippen LogP contribution in [0.5, 0.6) is 18.0 Å². The molecule has 0 saturated carbocycles. The van der Waals surface area contributed by atoms with Gasteiger partial charge in [-0.2, -0.15) is 35.3 Å². The lowest BCUT2D eigenvalue weighted by Gasteiger charge is -2.18. The van der Waals surface area contributed by atoms with Crippen LogP contribution in [0.2, 0.25) is 0 Å². The fourth-order valence-electron chi connectivity index (χ4n) is 4.24. The van der Waals surface area contributed by atoms with Crippen LogP contribution >= 0.6 is 35.3 Å². The summed E-state index contributed by atoms with van der Waals surface area (Å²) in [5.41, 5.74) is 3.99. The Morgan fingerprint density at radius 3 is 0.978 bits per heavy atom. The first-order chi connectivity index (χ1) is 22.0. The van der Waals surface area contributed by atoms with Crippen molar-refractivity contribution in [2.24, 2.45) is 0 Å². The third kappa shape index (κ3) is 14.4. The van der Waals surface area contributed by atoms with Crippen LogP contribution in [0, 0.1) is 0 Å². The van der Waals surface area contributed by atoms with E-state index < -0.39 is 0 Å². The number of aromatic nitrogens is 3. The Balaban J connectivity index is 1.28. The van der Waals surface area contributed by atoms with Gasteiger partial charge < -0.3 is 14.2 Å². The average Bonchev–Trinajstić information content (AvgIpc) is 3.05. The minimum absolute atomic E-state index is 0.0602. The molecule has 0 spiro atoms. The number of rotatable bonds is 21. The molecule has 0 aliphatic rings. The van der Waals surface area contributed by atoms with Crippen LogP contribution in [-0.4, -0.2) is 50.5 Å². The predicted octanol–water partition coefficient (Wildman–Crippen LogP) is 9.14. The van der Waals surface area contributed by atoms with Gasteiger partial charge in [0, 0.05) is 17.3 Å². The van der Waals surface area contributed by atoms with Gasteiger partial charge in [0.25, 0.3) is 0 Å². The van der Waals surface area contributed by atoms with Crippen molar-refractivity contribution in [1.29, 1.82) is 0 Å². The summed E-state index contributed by atoms with van der Waals surface area (Å²) >= 11 is 5.69. The lowest BCUT2D eigenvalue weighted by atomic mass is 10.2. The Labute approximate surface area is 281 Å². The molecule has 4 rings (SSSR count). The molecule has 6 nitrogen and oxygen atoms in total. The number of hydrogen-bond donors (Lipinski definition) is 0. The minimum Gasteiger partial charge on any atom is -0.460 e. The van der Waals surface area contributed by atoms with E-state index >= 15 is 0 Å². The molecule has 0 aliphatic carbocycles. The second-order valence-corrected chi connectivity index (χ2v) is 14.3. The van der Waals surface area contributed by atoms with E-state index in [0.717, 1.165) is 53.8 Å². The molecule has 0 fully saturated rings. The smallest absolute Gasteiger partial charge is 0.326 e. The molecular formula is C36H45N3O3S3. The Bertz CT molecular complexity index is 1180. The van der Waals surface area contributed by atoms with Crippen molar-refractivity contribution in [3.63, 3.8) is 0 Å². The molecule has 3 atom stereocenters. The van der Waals surface area contributed by atoms with Gasteiger partial charge in [-0.25, -0.2) is 0 Å². The molecule has 240 valence electrons. The Morgan fingerprint density at radius 2 is 0.711 bits per heavy atom. The van der Waals surface area contributed by atoms with Crippen LogP contribution in [0.15, 0.2) is 91.0 Å². The topological polar surface area (TPSA) is 66.4 Å². The highest BCUT2D eigenvalue weighted by Crippen LogP contribution is 2.22. The zero-order valence-electron chi connectivity index (χ0n) is 26.5. The van der Waals surface area contributed by atoms with Gasteiger partial charge in [0.1, 0.15) is 18.3 Å². The van der Waals surface area contributed by atoms with Gasteiger partial charge >= 0.3 is 18.0 Å². The maximum Gasteiger partial charge on any atom is 0.326 e. The molecule has 45 heavy (non-hydrogen) atoms. The molecule has 3 unspecified atom stereocenters. The van der Waals surface area contributed by atoms with Crippen LogP contribution < -0.4 is 14.2 Å². The number of ether oxygens (including phenoxy) is 3. The predicted molar refractivity (Wildman–Crippen MR) is 192 cm³/mol. The lowest BCUT2D eigenvalue weighted by Crippen LogP contribution is -2.20. The maximum atomic E-state index is 6.16. The molecule has 0 saturated heterocycles. The van der Waals surface area contributed by atoms with E-state index in [4.69, 9.17) is 14.2 Å². The third-order valence-corrected chi connectivity index (χ3v) is 10.0. The van der Waals surface area contributed by atoms with E-state index in [0.29, 0.717) is 0 Å². The minimum atomic E-state index is -0.0602. The monoisotopic (exact) mass is 663 g/mol. The second-order valence-electron chi connectivity index (χ2n) is 10.9. The van der Waals surface area contributed by atoms with E-state index in [2.05, 4.69) is 87.7 Å². The van der Waals surface area contributed by atoms with Gasteiger partial charge in [-0.05, 0) is 74.0 Å². The summed E-state index contributed by atoms with van der Waals surface area (Å²) in [6, 6.07) is 32.3. The summed E-state index contributed by atoms with van der Waals surface area (Å²) in [5.74, 6) is 5.88. The molecule has 0 amide bonds. The number of benzene rings is 3. The van der Waals surface area contributed by atoms with Gasteiger partial charge in [0.15, 0.2) is 0 Å². The normalized spacial score (nSPS) is 13.1. The summed E-state index contributed by atoms with van der Waals surface area (Å²) in [6.45, 7) is 6.15. The first-order valence-corrected chi connectivity index (χ1v) is 19.1. The average molecular weight is 664 g/mol. The number of thioether (sulfide) groups is 3. The molecule has 0 bridgehead atoms. The van der Waals surface area contributed by atoms with Crippen molar-refractivity contribution in [2.75, 3.05) is 17.3 Å². The molecule has 1 heterocycles. The summed E-state index contributed by atoms with van der Waals surface area (Å²) < 4.78 is 18.5. The van der Waals surface area contributed by atoms with Crippen molar-refractivity contribution >= 4 is 35.3 Å². The standard InChI is InChI=1S/C36H45N3O3S3/c1-28(19-22-43-25-31-13-7-4-8-14-31)40-34-37-35(41-29(2)20-23-44-26-32-15-9-5-10-16-32)39-36(38-34)42-30(3)21-24-45-27-33-17-11-6-12-18-33/h4-18,28-30H,19-27H2,1-3H3. The van der Waals surface area contributed by atoms with Crippen LogP contribution in [0.1, 0.15) is 56.7 Å². The fourth-order valence-corrected chi connectivity index (χ4v) is 7.45. The van der Waals surface area contributed by atoms with Gasteiger partial charge in [-0.15, -0.1) is 15.0 Å². The van der Waals surface area contributed by atoms with Crippen LogP contribution in [0.25, 0.3) is 0 Å². The van der Waals surface area contributed by atoms with Crippen molar-refractivity contribution in [3.05, 3.63) is 108 Å². The zero-order valence-corrected chi connectivity index (χ0v) is 29.0. The van der Waals surface area contributed by atoms with Gasteiger partial charge in [-0.1, -0.05) is 91.0 Å². The highest BCUT2D eigenvalue weighted by atomic mass is 32.2. The molecule has 0 aliphatic heterocycles. The SMILES string of the molecule is CC(CCSCc1ccccc1)Oc1nc(OC(C)CCSCc2ccccc2)nc(OC(C)CCSCc2ccccc2)n1. The van der Waals surface area contributed by atoms with Gasteiger partial charge in [0.05, 0.1) is 0 Å². The number of hydrogen-bond acceptors (Lipinski definition) is 9. The molecule has 0 N–H and O–H groups in total. The van der Waals surface area contributed by atoms with Crippen molar-refractivity contribution in [3.8, 4) is 18.0 Å². The zero-order chi connectivity index (χ0) is 31.5. The van der Waals surface area contributed by atoms with E-state index in [1.807, 2.05) is 74.3 Å². The van der Waals surface area contributed by atoms with Crippen molar-refractivity contribution in [1.82, 2.24) is 15.0 Å². The first-order valence-electron chi connectivity index (χ1n) is 15.6. The Kier molecular flexibility index (Phi) is 15.8. The highest BCUT2D eigenvalue weighted by molar-refractivity contribution is 7.98. The van der Waals surface area contributed by atoms with E-state index in [1.54, 1.807) is 0 Å². The first kappa shape index (κ1) is 35.0. The molecular weight excluding hydrogens is 619 g/mol. The summed E-state index contributed by atoms with van der Waals surface area (Å²) in [5, 5.41) is 0. The molecule has 1 aromatic heterocycles. The summed E-state index contributed by atoms with van der Waals surface area (Å²) in [7, 11) is 0. The van der Waals surface area contributed by atoms with Crippen molar-refractivity contribution in [2.45, 2.75) is 75.6 Å². The summed E-state index contributed by atoms with van der Waals surface area (Å²) in [6.07, 6.45) is 2.44. The van der Waals surface area contributed by atoms with Gasteiger partial charge in [-0.3, -0.25) is 0 Å². The third-order valence-electron chi connectivity index (χ3n) is 6.83. The molecule has 3 aromatic carbocycles. The quantitative estimate of drug-likeness (QED) is 0.0812. The van der Waals surface area contributed by atoms with E-state index in [-0.39, 0.29) is 36.3 Å². The maximum absolute atomic E-state index is 6.16. The Hall–Kier alpha value is -2.88. The van der Waals surface area contributed by atoms with E-state index in [9.17, 15) is 0 Å². The van der Waals surface area contributed by atoms with Crippen LogP contribution in [0.4, 0.5) is 0 Å². The Morgan fingerprint density at radius 1 is 0.444 bits per heavy atom. The lowest BCUT2D eigenvalue weighted by molar-refractivity contribution is 0.156. The van der Waals surface area contributed by atoms with Gasteiger partial charge in [0.2, 0.25) is 0 Å². The van der Waals surface area contributed by atoms with Crippen LogP contribution in [-0.2, 0) is 17.3 Å². The van der Waals surface area contributed by atoms with E-state index in [1.165, 1.54) is 16.7 Å². The molecule has 0 radical (unpaired) electrons. The molecule has 9 heteroatoms. The number of nitrogens with zero attached hydrogens (tertiary/aromatic N) is 3. The summed E-state index contributed by atoms with van der Waals surface area (Å²) in [4.78, 5) is 13.6. The molecule has 4 aromatic rings.